The highest BCUT2D eigenvalue weighted by molar-refractivity contribution is 6.32. The van der Waals surface area contributed by atoms with Gasteiger partial charge >= 0.3 is 24.3 Å². The molecular weight excluding hydrogens is 527 g/mol. The molecule has 0 aliphatic carbocycles. The molecule has 188 valence electrons. The lowest BCUT2D eigenvalue weighted by Gasteiger charge is -2.40. The average molecular weight is 537 g/mol. The van der Waals surface area contributed by atoms with Crippen molar-refractivity contribution in [3.63, 3.8) is 0 Å². The molecule has 0 saturated carbocycles. The number of nitrogens with one attached hydrogen (secondary N) is 1. The third-order valence-corrected chi connectivity index (χ3v) is 5.86. The third-order valence-electron chi connectivity index (χ3n) is 5.57. The predicted molar refractivity (Wildman–Crippen MR) is 112 cm³/mol. The van der Waals surface area contributed by atoms with Crippen molar-refractivity contribution in [2.24, 2.45) is 0 Å². The largest absolute Gasteiger partial charge is 0.419 e. The molecule has 0 radical (unpaired) electrons. The Morgan fingerprint density at radius 1 is 1.03 bits per heavy atom. The zero-order valence-corrected chi connectivity index (χ0v) is 18.1. The molecule has 1 aromatic heterocycles. The lowest BCUT2D eigenvalue weighted by atomic mass is 9.84. The molecule has 1 aliphatic rings. The first-order valence-electron chi connectivity index (χ1n) is 9.64. The Morgan fingerprint density at radius 2 is 1.67 bits per heavy atom. The summed E-state index contributed by atoms with van der Waals surface area (Å²) in [5, 5.41) is 4.97. The molecule has 3 aromatic rings. The Hall–Kier alpha value is -3.66. The molecule has 2 heterocycles. The average Bonchev–Trinajstić information content (AvgIpc) is 3.14. The summed E-state index contributed by atoms with van der Waals surface area (Å²) in [7, 11) is 0. The minimum absolute atomic E-state index is 0.203. The molecule has 0 bridgehead atoms. The number of rotatable bonds is 2. The quantitative estimate of drug-likeness (QED) is 0.204. The smallest absolute Gasteiger partial charge is 0.358 e. The fraction of sp³-hybridized carbons (Fsp3) is 0.182. The molecule has 14 heteroatoms. The van der Waals surface area contributed by atoms with Gasteiger partial charge in [-0.05, 0) is 28.9 Å². The van der Waals surface area contributed by atoms with E-state index in [0.29, 0.717) is 16.8 Å². The number of fused-ring (bicyclic) bond motifs is 3. The Morgan fingerprint density at radius 3 is 2.19 bits per heavy atom. The van der Waals surface area contributed by atoms with Crippen LogP contribution in [0.4, 0.5) is 51.1 Å². The van der Waals surface area contributed by atoms with Crippen LogP contribution in [0, 0.1) is 6.57 Å². The van der Waals surface area contributed by atoms with E-state index < -0.39 is 74.2 Å². The highest BCUT2D eigenvalue weighted by Crippen LogP contribution is 2.55. The van der Waals surface area contributed by atoms with Gasteiger partial charge in [0.2, 0.25) is 0 Å². The zero-order valence-electron chi connectivity index (χ0n) is 17.4. The molecule has 36 heavy (non-hydrogen) atoms. The van der Waals surface area contributed by atoms with Gasteiger partial charge in [-0.1, -0.05) is 42.4 Å². The SMILES string of the molecule is [C-]#[N+]c1nn2c(c1-c1ccccc1C(F)(F)F)NC(C=C)(C(F)(F)F)c1cc(C(F)(F)F)cc(Cl)c1-2. The number of hydrogen-bond acceptors (Lipinski definition) is 2. The van der Waals surface area contributed by atoms with Gasteiger partial charge in [0.1, 0.15) is 11.5 Å². The van der Waals surface area contributed by atoms with Crippen LogP contribution in [-0.4, -0.2) is 16.0 Å². The highest BCUT2D eigenvalue weighted by Gasteiger charge is 2.59. The van der Waals surface area contributed by atoms with Crippen LogP contribution in [0.1, 0.15) is 16.7 Å². The molecule has 1 aliphatic heterocycles. The van der Waals surface area contributed by atoms with E-state index in [2.05, 4.69) is 16.5 Å². The first-order valence-corrected chi connectivity index (χ1v) is 10.0. The van der Waals surface area contributed by atoms with E-state index in [0.717, 1.165) is 12.1 Å². The second-order valence-corrected chi connectivity index (χ2v) is 8.01. The lowest BCUT2D eigenvalue weighted by molar-refractivity contribution is -0.169. The summed E-state index contributed by atoms with van der Waals surface area (Å²) in [5.41, 5.74) is -9.26. The van der Waals surface area contributed by atoms with Crippen LogP contribution < -0.4 is 5.32 Å². The molecule has 2 aromatic carbocycles. The minimum atomic E-state index is -5.36. The minimum Gasteiger partial charge on any atom is -0.358 e. The molecule has 1 atom stereocenters. The predicted octanol–water partition coefficient (Wildman–Crippen LogP) is 8.15. The molecule has 4 nitrogen and oxygen atoms in total. The monoisotopic (exact) mass is 536 g/mol. The molecular formula is C22H10ClF9N4. The maximum atomic E-state index is 14.5. The van der Waals surface area contributed by atoms with Gasteiger partial charge in [-0.25, -0.2) is 0 Å². The molecule has 1 unspecified atom stereocenters. The van der Waals surface area contributed by atoms with Crippen LogP contribution in [0.5, 0.6) is 0 Å². The lowest BCUT2D eigenvalue weighted by Crippen LogP contribution is -2.50. The maximum Gasteiger partial charge on any atom is 0.419 e. The van der Waals surface area contributed by atoms with Gasteiger partial charge in [-0.2, -0.15) is 39.5 Å². The van der Waals surface area contributed by atoms with E-state index in [-0.39, 0.29) is 12.1 Å². The van der Waals surface area contributed by atoms with Gasteiger partial charge in [-0.15, -0.1) is 11.3 Å². The van der Waals surface area contributed by atoms with Crippen molar-refractivity contribution >= 4 is 23.2 Å². The molecule has 0 spiro atoms. The zero-order chi connectivity index (χ0) is 26.8. The van der Waals surface area contributed by atoms with Gasteiger partial charge < -0.3 is 10.2 Å². The third kappa shape index (κ3) is 3.67. The number of halogens is 10. The van der Waals surface area contributed by atoms with Crippen LogP contribution >= 0.6 is 11.6 Å². The Bertz CT molecular complexity index is 1430. The van der Waals surface area contributed by atoms with Crippen LogP contribution in [0.15, 0.2) is 49.1 Å². The Kier molecular flexibility index (Phi) is 5.60. The van der Waals surface area contributed by atoms with Gasteiger partial charge in [0.05, 0.1) is 21.7 Å². The summed E-state index contributed by atoms with van der Waals surface area (Å²) in [5.74, 6) is -1.47. The van der Waals surface area contributed by atoms with Crippen molar-refractivity contribution in [3.05, 3.63) is 82.2 Å². The topological polar surface area (TPSA) is 34.2 Å². The van der Waals surface area contributed by atoms with Crippen molar-refractivity contribution in [1.29, 1.82) is 0 Å². The number of hydrogen-bond donors (Lipinski definition) is 1. The van der Waals surface area contributed by atoms with Crippen molar-refractivity contribution < 1.29 is 39.5 Å². The summed E-state index contributed by atoms with van der Waals surface area (Å²) in [6, 6.07) is 4.38. The van der Waals surface area contributed by atoms with Gasteiger partial charge in [-0.3, -0.25) is 0 Å². The fourth-order valence-corrected chi connectivity index (χ4v) is 4.29. The standard InChI is InChI=1S/C22H10ClF9N4/c1-3-19(22(30,31)32)13-8-10(20(24,25)26)9-14(23)16(13)36-18(34-19)15(17(33-2)35-36)11-6-4-5-7-12(11)21(27,28)29/h3-9,34H,1H2. The van der Waals surface area contributed by atoms with Gasteiger partial charge in [0.25, 0.3) is 0 Å². The molecule has 0 amide bonds. The van der Waals surface area contributed by atoms with E-state index in [1.807, 2.05) is 5.32 Å². The van der Waals surface area contributed by atoms with Crippen molar-refractivity contribution in [2.75, 3.05) is 5.32 Å². The van der Waals surface area contributed by atoms with Crippen LogP contribution in [0.25, 0.3) is 21.7 Å². The molecule has 0 saturated heterocycles. The Labute approximate surface area is 201 Å². The fourth-order valence-electron chi connectivity index (χ4n) is 3.99. The summed E-state index contributed by atoms with van der Waals surface area (Å²) < 4.78 is 126. The van der Waals surface area contributed by atoms with Crippen molar-refractivity contribution in [3.8, 4) is 16.8 Å². The van der Waals surface area contributed by atoms with E-state index >= 15 is 0 Å². The summed E-state index contributed by atoms with van der Waals surface area (Å²) in [4.78, 5) is 3.05. The summed E-state index contributed by atoms with van der Waals surface area (Å²) in [6.45, 7) is 10.5. The molecule has 0 fully saturated rings. The second-order valence-electron chi connectivity index (χ2n) is 7.60. The van der Waals surface area contributed by atoms with Crippen LogP contribution in [-0.2, 0) is 17.9 Å². The highest BCUT2D eigenvalue weighted by atomic mass is 35.5. The van der Waals surface area contributed by atoms with E-state index in [4.69, 9.17) is 18.2 Å². The van der Waals surface area contributed by atoms with Gasteiger partial charge in [0, 0.05) is 5.56 Å². The van der Waals surface area contributed by atoms with Crippen molar-refractivity contribution in [2.45, 2.75) is 24.1 Å². The molecule has 4 rings (SSSR count). The summed E-state index contributed by atoms with van der Waals surface area (Å²) in [6.07, 6.45) is -15.1. The number of alkyl halides is 9. The van der Waals surface area contributed by atoms with E-state index in [1.165, 1.54) is 6.07 Å². The second kappa shape index (κ2) is 7.92. The maximum absolute atomic E-state index is 14.5. The van der Waals surface area contributed by atoms with Crippen LogP contribution in [0.3, 0.4) is 0 Å². The number of nitrogens with zero attached hydrogens (tertiary/aromatic N) is 3. The first kappa shape index (κ1) is 25.4. The first-order chi connectivity index (χ1) is 16.6. The van der Waals surface area contributed by atoms with E-state index in [9.17, 15) is 39.5 Å². The van der Waals surface area contributed by atoms with Gasteiger partial charge in [0.15, 0.2) is 5.54 Å². The normalized spacial score (nSPS) is 17.6. The molecule has 1 N–H and O–H groups in total. The van der Waals surface area contributed by atoms with E-state index in [1.54, 1.807) is 0 Å². The van der Waals surface area contributed by atoms with Crippen molar-refractivity contribution in [1.82, 2.24) is 9.78 Å². The van der Waals surface area contributed by atoms with Crippen LogP contribution in [0.2, 0.25) is 5.02 Å². The number of aromatic nitrogens is 2. The Balaban J connectivity index is 2.18. The number of benzene rings is 2. The summed E-state index contributed by atoms with van der Waals surface area (Å²) >= 11 is 6.02. The number of anilines is 1.